The highest BCUT2D eigenvalue weighted by molar-refractivity contribution is 5.73. The molecule has 2 aromatic rings. The van der Waals surface area contributed by atoms with Crippen molar-refractivity contribution in [2.45, 2.75) is 13.3 Å². The second-order valence-corrected chi connectivity index (χ2v) is 3.97. The van der Waals surface area contributed by atoms with Gasteiger partial charge < -0.3 is 9.47 Å². The van der Waals surface area contributed by atoms with Crippen LogP contribution in [0.15, 0.2) is 54.6 Å². The molecular weight excluding hydrogens is 240 g/mol. The smallest absolute Gasteiger partial charge is 0.311 e. The number of carbonyl (C=O) groups excluding carboxylic acids is 1. The molecule has 0 aliphatic carbocycles. The highest BCUT2D eigenvalue weighted by atomic mass is 16.5. The fourth-order valence-electron chi connectivity index (χ4n) is 1.54. The summed E-state index contributed by atoms with van der Waals surface area (Å²) in [6.45, 7) is 1.82. The molecule has 3 heteroatoms. The molecule has 97 valence electrons. The summed E-state index contributed by atoms with van der Waals surface area (Å²) in [7, 11) is 0. The van der Waals surface area contributed by atoms with Crippen molar-refractivity contribution >= 4 is 5.97 Å². The topological polar surface area (TPSA) is 35.5 Å². The number of ether oxygens (including phenoxy) is 2. The second kappa shape index (κ2) is 6.59. The van der Waals surface area contributed by atoms with Crippen LogP contribution in [-0.4, -0.2) is 5.97 Å². The van der Waals surface area contributed by atoms with Crippen LogP contribution in [0.4, 0.5) is 0 Å². The Labute approximate surface area is 112 Å². The van der Waals surface area contributed by atoms with Gasteiger partial charge in [-0.2, -0.15) is 0 Å². The molecule has 0 saturated heterocycles. The summed E-state index contributed by atoms with van der Waals surface area (Å²) in [4.78, 5) is 11.3. The SMILES string of the molecule is C[CH]CC(=O)Oc1ccc(Oc2ccccc2)cc1. The molecule has 0 atom stereocenters. The quantitative estimate of drug-likeness (QED) is 0.598. The van der Waals surface area contributed by atoms with E-state index in [9.17, 15) is 4.79 Å². The van der Waals surface area contributed by atoms with E-state index < -0.39 is 0 Å². The van der Waals surface area contributed by atoms with Crippen molar-refractivity contribution < 1.29 is 14.3 Å². The molecule has 0 unspecified atom stereocenters. The van der Waals surface area contributed by atoms with Gasteiger partial charge in [-0.05, 0) is 42.8 Å². The standard InChI is InChI=1S/C16H15O3/c1-2-6-16(17)19-15-11-9-14(10-12-15)18-13-7-4-3-5-8-13/h2-5,7-12H,6H2,1H3. The van der Waals surface area contributed by atoms with Gasteiger partial charge in [0.1, 0.15) is 17.2 Å². The third-order valence-corrected chi connectivity index (χ3v) is 2.41. The van der Waals surface area contributed by atoms with Gasteiger partial charge in [-0.25, -0.2) is 0 Å². The van der Waals surface area contributed by atoms with Crippen LogP contribution in [0, 0.1) is 6.42 Å². The second-order valence-electron chi connectivity index (χ2n) is 3.97. The van der Waals surface area contributed by atoms with Crippen molar-refractivity contribution in [3.63, 3.8) is 0 Å². The molecule has 0 spiro atoms. The summed E-state index contributed by atoms with van der Waals surface area (Å²) in [5.41, 5.74) is 0. The summed E-state index contributed by atoms with van der Waals surface area (Å²) in [6.07, 6.45) is 2.07. The molecule has 2 rings (SSSR count). The lowest BCUT2D eigenvalue weighted by Gasteiger charge is -2.07. The zero-order chi connectivity index (χ0) is 13.5. The maximum absolute atomic E-state index is 11.3. The van der Waals surface area contributed by atoms with Gasteiger partial charge in [0, 0.05) is 6.42 Å². The zero-order valence-corrected chi connectivity index (χ0v) is 10.7. The van der Waals surface area contributed by atoms with E-state index >= 15 is 0 Å². The van der Waals surface area contributed by atoms with E-state index in [1.165, 1.54) is 0 Å². The summed E-state index contributed by atoms with van der Waals surface area (Å²) < 4.78 is 10.8. The first-order chi connectivity index (χ1) is 9.28. The number of rotatable bonds is 5. The van der Waals surface area contributed by atoms with Gasteiger partial charge in [0.15, 0.2) is 0 Å². The predicted octanol–water partition coefficient (Wildman–Crippen LogP) is 4.00. The maximum atomic E-state index is 11.3. The fraction of sp³-hybridized carbons (Fsp3) is 0.125. The molecule has 0 amide bonds. The Hall–Kier alpha value is -2.29. The van der Waals surface area contributed by atoms with Crippen LogP contribution in [0.2, 0.25) is 0 Å². The minimum Gasteiger partial charge on any atom is -0.457 e. The van der Waals surface area contributed by atoms with E-state index in [2.05, 4.69) is 0 Å². The summed E-state index contributed by atoms with van der Waals surface area (Å²) in [5, 5.41) is 0. The van der Waals surface area contributed by atoms with Crippen LogP contribution < -0.4 is 9.47 Å². The summed E-state index contributed by atoms with van der Waals surface area (Å²) in [6, 6.07) is 16.5. The molecule has 3 nitrogen and oxygen atoms in total. The third-order valence-electron chi connectivity index (χ3n) is 2.41. The van der Waals surface area contributed by atoms with Crippen LogP contribution in [0.3, 0.4) is 0 Å². The molecule has 0 saturated carbocycles. The van der Waals surface area contributed by atoms with Crippen LogP contribution >= 0.6 is 0 Å². The molecule has 0 aliphatic heterocycles. The van der Waals surface area contributed by atoms with Crippen LogP contribution in [0.5, 0.6) is 17.2 Å². The molecule has 19 heavy (non-hydrogen) atoms. The largest absolute Gasteiger partial charge is 0.457 e. The molecule has 0 N–H and O–H groups in total. The van der Waals surface area contributed by atoms with Gasteiger partial charge in [-0.15, -0.1) is 0 Å². The van der Waals surface area contributed by atoms with Crippen molar-refractivity contribution in [1.29, 1.82) is 0 Å². The van der Waals surface area contributed by atoms with Crippen molar-refractivity contribution in [3.05, 3.63) is 61.0 Å². The molecule has 1 radical (unpaired) electrons. The van der Waals surface area contributed by atoms with Crippen molar-refractivity contribution in [1.82, 2.24) is 0 Å². The molecule has 0 bridgehead atoms. The zero-order valence-electron chi connectivity index (χ0n) is 10.7. The fourth-order valence-corrected chi connectivity index (χ4v) is 1.54. The Kier molecular flexibility index (Phi) is 4.56. The van der Waals surface area contributed by atoms with Gasteiger partial charge in [0.2, 0.25) is 0 Å². The van der Waals surface area contributed by atoms with Crippen LogP contribution in [-0.2, 0) is 4.79 Å². The predicted molar refractivity (Wildman–Crippen MR) is 73.2 cm³/mol. The Balaban J connectivity index is 1.97. The van der Waals surface area contributed by atoms with E-state index in [1.807, 2.05) is 37.3 Å². The minimum absolute atomic E-state index is 0.265. The Morgan fingerprint density at radius 2 is 1.53 bits per heavy atom. The van der Waals surface area contributed by atoms with Gasteiger partial charge in [-0.3, -0.25) is 4.79 Å². The number of hydrogen-bond donors (Lipinski definition) is 0. The molecule has 0 fully saturated rings. The molecular formula is C16H15O3. The monoisotopic (exact) mass is 255 g/mol. The van der Waals surface area contributed by atoms with Gasteiger partial charge in [0.25, 0.3) is 0 Å². The Morgan fingerprint density at radius 3 is 2.16 bits per heavy atom. The molecule has 0 aliphatic rings. The molecule has 0 aromatic heterocycles. The Morgan fingerprint density at radius 1 is 0.947 bits per heavy atom. The van der Waals surface area contributed by atoms with E-state index in [-0.39, 0.29) is 5.97 Å². The summed E-state index contributed by atoms with van der Waals surface area (Å²) >= 11 is 0. The van der Waals surface area contributed by atoms with E-state index in [0.717, 1.165) is 5.75 Å². The number of carbonyl (C=O) groups is 1. The van der Waals surface area contributed by atoms with Crippen molar-refractivity contribution in [2.24, 2.45) is 0 Å². The van der Waals surface area contributed by atoms with Crippen molar-refractivity contribution in [3.8, 4) is 17.2 Å². The normalized spacial score (nSPS) is 9.95. The average Bonchev–Trinajstić information content (AvgIpc) is 2.42. The van der Waals surface area contributed by atoms with Gasteiger partial charge in [-0.1, -0.05) is 25.1 Å². The number of para-hydroxylation sites is 1. The highest BCUT2D eigenvalue weighted by Gasteiger charge is 2.03. The minimum atomic E-state index is -0.265. The van der Waals surface area contributed by atoms with Crippen LogP contribution in [0.1, 0.15) is 13.3 Å². The first-order valence-corrected chi connectivity index (χ1v) is 6.09. The lowest BCUT2D eigenvalue weighted by Crippen LogP contribution is -2.06. The molecule has 2 aromatic carbocycles. The van der Waals surface area contributed by atoms with Crippen LogP contribution in [0.25, 0.3) is 0 Å². The number of esters is 1. The lowest BCUT2D eigenvalue weighted by atomic mass is 10.3. The maximum Gasteiger partial charge on any atom is 0.311 e. The number of benzene rings is 2. The van der Waals surface area contributed by atoms with Crippen molar-refractivity contribution in [2.75, 3.05) is 0 Å². The lowest BCUT2D eigenvalue weighted by molar-refractivity contribution is -0.133. The van der Waals surface area contributed by atoms with E-state index in [0.29, 0.717) is 17.9 Å². The van der Waals surface area contributed by atoms with E-state index in [1.54, 1.807) is 30.7 Å². The van der Waals surface area contributed by atoms with Gasteiger partial charge >= 0.3 is 5.97 Å². The third kappa shape index (κ3) is 4.14. The average molecular weight is 255 g/mol. The Bertz CT molecular complexity index is 517. The van der Waals surface area contributed by atoms with E-state index in [4.69, 9.17) is 9.47 Å². The first kappa shape index (κ1) is 13.1. The molecule has 0 heterocycles. The summed E-state index contributed by atoms with van der Waals surface area (Å²) in [5.74, 6) is 1.73. The number of hydrogen-bond acceptors (Lipinski definition) is 3. The van der Waals surface area contributed by atoms with Gasteiger partial charge in [0.05, 0.1) is 0 Å². The first-order valence-electron chi connectivity index (χ1n) is 6.09. The highest BCUT2D eigenvalue weighted by Crippen LogP contribution is 2.23.